The van der Waals surface area contributed by atoms with E-state index in [9.17, 15) is 14.4 Å². The minimum atomic E-state index is -0.563. The second kappa shape index (κ2) is 3.43. The summed E-state index contributed by atoms with van der Waals surface area (Å²) >= 11 is 0. The summed E-state index contributed by atoms with van der Waals surface area (Å²) in [5, 5.41) is 2.17. The molecule has 6 heteroatoms. The molecule has 0 unspecified atom stereocenters. The average Bonchev–Trinajstić information content (AvgIpc) is 2.62. The first-order chi connectivity index (χ1) is 8.59. The predicted molar refractivity (Wildman–Crippen MR) is 58.8 cm³/mol. The van der Waals surface area contributed by atoms with Gasteiger partial charge in [0, 0.05) is 12.1 Å². The van der Waals surface area contributed by atoms with Crippen LogP contribution in [-0.4, -0.2) is 17.7 Å². The fourth-order valence-electron chi connectivity index (χ4n) is 2.13. The highest BCUT2D eigenvalue weighted by molar-refractivity contribution is 6.18. The molecular weight excluding hydrogens is 234 g/mol. The fraction of sp³-hybridized carbons (Fsp3) is 0.0833. The van der Waals surface area contributed by atoms with E-state index in [4.69, 9.17) is 0 Å². The summed E-state index contributed by atoms with van der Waals surface area (Å²) in [6.07, 6.45) is 0. The van der Waals surface area contributed by atoms with Crippen molar-refractivity contribution in [2.75, 3.05) is 0 Å². The Balaban J connectivity index is 2.54. The summed E-state index contributed by atoms with van der Waals surface area (Å²) in [7, 11) is 0. The van der Waals surface area contributed by atoms with E-state index in [1.807, 2.05) is 0 Å². The van der Waals surface area contributed by atoms with Crippen molar-refractivity contribution in [2.45, 2.75) is 6.92 Å². The first-order valence-electron chi connectivity index (χ1n) is 5.36. The van der Waals surface area contributed by atoms with Crippen LogP contribution in [-0.2, 0) is 0 Å². The topological polar surface area (TPSA) is 81.3 Å². The van der Waals surface area contributed by atoms with Crippen LogP contribution in [0.5, 0.6) is 0 Å². The monoisotopic (exact) mass is 243 g/mol. The van der Waals surface area contributed by atoms with E-state index in [1.165, 1.54) is 11.5 Å². The molecule has 0 atom stereocenters. The molecule has 2 amide bonds. The second-order valence-electron chi connectivity index (χ2n) is 4.00. The molecule has 1 aromatic carbocycles. The zero-order valence-electron chi connectivity index (χ0n) is 9.48. The van der Waals surface area contributed by atoms with E-state index in [2.05, 4.69) is 10.3 Å². The zero-order valence-corrected chi connectivity index (χ0v) is 9.48. The quantitative estimate of drug-likeness (QED) is 0.499. The first-order valence-corrected chi connectivity index (χ1v) is 5.36. The van der Waals surface area contributed by atoms with Gasteiger partial charge in [-0.2, -0.15) is 4.98 Å². The summed E-state index contributed by atoms with van der Waals surface area (Å²) in [5.74, 6) is -1.40. The third-order valence-corrected chi connectivity index (χ3v) is 2.85. The van der Waals surface area contributed by atoms with Gasteiger partial charge in [0.15, 0.2) is 0 Å². The SMILES string of the molecule is CC(=O)[n+]1c2c([nH+]c3ccccc31)C(=O)NC2=O. The van der Waals surface area contributed by atoms with E-state index < -0.39 is 11.8 Å². The van der Waals surface area contributed by atoms with Gasteiger partial charge in [-0.1, -0.05) is 12.1 Å². The van der Waals surface area contributed by atoms with Crippen LogP contribution in [0.2, 0.25) is 0 Å². The zero-order chi connectivity index (χ0) is 12.9. The maximum absolute atomic E-state index is 11.7. The van der Waals surface area contributed by atoms with Gasteiger partial charge in [-0.05, 0) is 0 Å². The highest BCUT2D eigenvalue weighted by Gasteiger charge is 2.46. The van der Waals surface area contributed by atoms with Crippen LogP contribution in [0, 0.1) is 0 Å². The number of para-hydroxylation sites is 2. The molecule has 0 fully saturated rings. The summed E-state index contributed by atoms with van der Waals surface area (Å²) in [6.45, 7) is 1.35. The molecule has 6 nitrogen and oxygen atoms in total. The Morgan fingerprint density at radius 1 is 1.22 bits per heavy atom. The minimum absolute atomic E-state index is 0.0613. The standard InChI is InChI=1S/C12H7N3O3/c1-6(16)15-8-5-3-2-4-7(8)13-9-10(15)12(18)14-11(9)17/h2-5H,1H3/p+2. The lowest BCUT2D eigenvalue weighted by molar-refractivity contribution is -0.560. The summed E-state index contributed by atoms with van der Waals surface area (Å²) in [4.78, 5) is 37.9. The van der Waals surface area contributed by atoms with Crippen molar-refractivity contribution in [2.24, 2.45) is 0 Å². The molecular formula is C12H9N3O3+2. The van der Waals surface area contributed by atoms with Crippen molar-refractivity contribution < 1.29 is 23.9 Å². The van der Waals surface area contributed by atoms with Gasteiger partial charge < -0.3 is 0 Å². The molecule has 1 aliphatic heterocycles. The van der Waals surface area contributed by atoms with Crippen LogP contribution in [0.25, 0.3) is 11.0 Å². The Morgan fingerprint density at radius 3 is 2.67 bits per heavy atom. The Morgan fingerprint density at radius 2 is 1.94 bits per heavy atom. The molecule has 0 aliphatic carbocycles. The maximum atomic E-state index is 11.7. The van der Waals surface area contributed by atoms with Gasteiger partial charge in [0.05, 0.1) is 6.92 Å². The van der Waals surface area contributed by atoms with E-state index in [0.717, 1.165) is 0 Å². The molecule has 18 heavy (non-hydrogen) atoms. The number of benzene rings is 1. The third kappa shape index (κ3) is 1.26. The molecule has 0 bridgehead atoms. The molecule has 0 spiro atoms. The number of imide groups is 1. The smallest absolute Gasteiger partial charge is 0.277 e. The van der Waals surface area contributed by atoms with E-state index in [0.29, 0.717) is 11.0 Å². The molecule has 2 aromatic rings. The van der Waals surface area contributed by atoms with Crippen molar-refractivity contribution >= 4 is 28.8 Å². The van der Waals surface area contributed by atoms with Gasteiger partial charge in [0.25, 0.3) is 11.0 Å². The number of aromatic amines is 1. The van der Waals surface area contributed by atoms with Crippen LogP contribution in [0.3, 0.4) is 0 Å². The van der Waals surface area contributed by atoms with E-state index >= 15 is 0 Å². The molecule has 0 saturated heterocycles. The first kappa shape index (κ1) is 10.5. The number of carbonyl (C=O) groups excluding carboxylic acids is 3. The van der Waals surface area contributed by atoms with Crippen molar-refractivity contribution in [3.05, 3.63) is 35.7 Å². The van der Waals surface area contributed by atoms with Crippen molar-refractivity contribution in [1.29, 1.82) is 0 Å². The fourth-order valence-corrected chi connectivity index (χ4v) is 2.13. The van der Waals surface area contributed by atoms with Crippen LogP contribution in [0.15, 0.2) is 24.3 Å². The number of aromatic nitrogens is 2. The lowest BCUT2D eigenvalue weighted by atomic mass is 10.2. The van der Waals surface area contributed by atoms with Gasteiger partial charge >= 0.3 is 29.1 Å². The van der Waals surface area contributed by atoms with Crippen LogP contribution in [0.1, 0.15) is 32.7 Å². The maximum Gasteiger partial charge on any atom is 0.390 e. The number of amides is 2. The Hall–Kier alpha value is -2.63. The van der Waals surface area contributed by atoms with Crippen molar-refractivity contribution in [1.82, 2.24) is 5.32 Å². The lowest BCUT2D eigenvalue weighted by Crippen LogP contribution is -2.49. The van der Waals surface area contributed by atoms with Crippen LogP contribution in [0.4, 0.5) is 0 Å². The third-order valence-electron chi connectivity index (χ3n) is 2.85. The number of H-pyrrole nitrogens is 1. The predicted octanol–water partition coefficient (Wildman–Crippen LogP) is -0.515. The van der Waals surface area contributed by atoms with Crippen LogP contribution < -0.4 is 14.9 Å². The lowest BCUT2D eigenvalue weighted by Gasteiger charge is -1.95. The molecule has 2 N–H and O–H groups in total. The summed E-state index contributed by atoms with van der Waals surface area (Å²) in [5.41, 5.74) is 1.37. The summed E-state index contributed by atoms with van der Waals surface area (Å²) < 4.78 is 1.25. The summed E-state index contributed by atoms with van der Waals surface area (Å²) in [6, 6.07) is 7.00. The Bertz CT molecular complexity index is 737. The highest BCUT2D eigenvalue weighted by atomic mass is 16.2. The van der Waals surface area contributed by atoms with Crippen molar-refractivity contribution in [3.63, 3.8) is 0 Å². The number of fused-ring (bicyclic) bond motifs is 2. The van der Waals surface area contributed by atoms with Crippen molar-refractivity contribution in [3.8, 4) is 0 Å². The van der Waals surface area contributed by atoms with Crippen LogP contribution >= 0.6 is 0 Å². The minimum Gasteiger partial charge on any atom is -0.277 e. The number of nitrogens with one attached hydrogen (secondary N) is 2. The Kier molecular flexibility index (Phi) is 2.00. The highest BCUT2D eigenvalue weighted by Crippen LogP contribution is 2.11. The normalized spacial score (nSPS) is 13.6. The number of hydrogen-bond donors (Lipinski definition) is 1. The van der Waals surface area contributed by atoms with Gasteiger partial charge in [0.2, 0.25) is 0 Å². The van der Waals surface area contributed by atoms with E-state index in [1.54, 1.807) is 24.3 Å². The van der Waals surface area contributed by atoms with Gasteiger partial charge in [-0.15, -0.1) is 4.57 Å². The van der Waals surface area contributed by atoms with Gasteiger partial charge in [-0.3, -0.25) is 14.9 Å². The molecule has 0 saturated carbocycles. The number of hydrogen-bond acceptors (Lipinski definition) is 3. The number of carbonyl (C=O) groups is 3. The molecule has 0 radical (unpaired) electrons. The second-order valence-corrected chi connectivity index (χ2v) is 4.00. The average molecular weight is 243 g/mol. The number of nitrogens with zero attached hydrogens (tertiary/aromatic N) is 1. The van der Waals surface area contributed by atoms with E-state index in [-0.39, 0.29) is 17.3 Å². The molecule has 3 rings (SSSR count). The Labute approximate surface area is 101 Å². The largest absolute Gasteiger partial charge is 0.390 e. The molecule has 2 heterocycles. The van der Waals surface area contributed by atoms with Gasteiger partial charge in [0.1, 0.15) is 0 Å². The number of rotatable bonds is 0. The molecule has 88 valence electrons. The molecule has 1 aromatic heterocycles. The molecule has 1 aliphatic rings. The van der Waals surface area contributed by atoms with Gasteiger partial charge in [-0.25, -0.2) is 4.79 Å².